The van der Waals surface area contributed by atoms with Crippen molar-refractivity contribution in [2.45, 2.75) is 45.6 Å². The number of pyridine rings is 2. The molecule has 6 rings (SSSR count). The zero-order valence-electron chi connectivity index (χ0n) is 22.1. The van der Waals surface area contributed by atoms with E-state index in [1.165, 1.54) is 23.7 Å². The van der Waals surface area contributed by atoms with Crippen molar-refractivity contribution in [3.63, 3.8) is 0 Å². The monoisotopic (exact) mass is 531 g/mol. The van der Waals surface area contributed by atoms with Gasteiger partial charge in [-0.3, -0.25) is 19.4 Å². The second-order valence-electron chi connectivity index (χ2n) is 9.40. The van der Waals surface area contributed by atoms with E-state index in [0.29, 0.717) is 11.2 Å². The first-order valence-electron chi connectivity index (χ1n) is 12.6. The van der Waals surface area contributed by atoms with E-state index in [4.69, 9.17) is 14.9 Å². The molecule has 1 aliphatic heterocycles. The SMILES string of the molecule is C=O.CC(=O)Nc1nc2c(s1)-c1c(c(-c3cccnc3)nn1C1CCN(C)CC1)CC2.Cc1cccnc1. The number of anilines is 1. The van der Waals surface area contributed by atoms with Crippen molar-refractivity contribution in [3.8, 4) is 21.8 Å². The van der Waals surface area contributed by atoms with Crippen LogP contribution in [0.5, 0.6) is 0 Å². The maximum absolute atomic E-state index is 11.5. The van der Waals surface area contributed by atoms with E-state index >= 15 is 0 Å². The lowest BCUT2D eigenvalue weighted by molar-refractivity contribution is -0.114. The van der Waals surface area contributed by atoms with E-state index in [-0.39, 0.29) is 5.91 Å². The molecule has 1 fully saturated rings. The number of fused-ring (bicyclic) bond motifs is 3. The van der Waals surface area contributed by atoms with Crippen LogP contribution >= 0.6 is 11.3 Å². The van der Waals surface area contributed by atoms with Gasteiger partial charge in [0, 0.05) is 42.8 Å². The van der Waals surface area contributed by atoms with E-state index < -0.39 is 0 Å². The van der Waals surface area contributed by atoms with Crippen molar-refractivity contribution in [2.75, 3.05) is 25.5 Å². The topological polar surface area (TPSA) is 106 Å². The first kappa shape index (κ1) is 27.3. The lowest BCUT2D eigenvalue weighted by Gasteiger charge is -2.30. The average molecular weight is 532 g/mol. The van der Waals surface area contributed by atoms with Gasteiger partial charge in [-0.1, -0.05) is 17.4 Å². The van der Waals surface area contributed by atoms with Gasteiger partial charge >= 0.3 is 0 Å². The van der Waals surface area contributed by atoms with Crippen LogP contribution in [0, 0.1) is 6.92 Å². The normalized spacial score (nSPS) is 14.7. The zero-order valence-corrected chi connectivity index (χ0v) is 22.9. The number of aryl methyl sites for hydroxylation is 2. The first-order chi connectivity index (χ1) is 18.5. The molecule has 1 saturated heterocycles. The van der Waals surface area contributed by atoms with Gasteiger partial charge in [-0.2, -0.15) is 5.10 Å². The molecule has 4 aromatic rings. The summed E-state index contributed by atoms with van der Waals surface area (Å²) in [5, 5.41) is 8.66. The maximum Gasteiger partial charge on any atom is 0.223 e. The van der Waals surface area contributed by atoms with Crippen molar-refractivity contribution in [3.05, 3.63) is 65.9 Å². The quantitative estimate of drug-likeness (QED) is 0.412. The Hall–Kier alpha value is -3.76. The number of nitrogens with one attached hydrogen (secondary N) is 1. The molecule has 4 aromatic heterocycles. The zero-order chi connectivity index (χ0) is 27.1. The molecule has 0 aromatic carbocycles. The van der Waals surface area contributed by atoms with Crippen molar-refractivity contribution in [2.24, 2.45) is 0 Å². The molecule has 0 bridgehead atoms. The third kappa shape index (κ3) is 6.20. The number of thiazole rings is 1. The molecular formula is C28H33N7O2S. The number of amides is 1. The molecule has 5 heterocycles. The number of carbonyl (C=O) groups excluding carboxylic acids is 2. The highest BCUT2D eigenvalue weighted by molar-refractivity contribution is 7.19. The molecule has 2 aliphatic rings. The van der Waals surface area contributed by atoms with E-state index in [2.05, 4.69) is 38.0 Å². The fourth-order valence-corrected chi connectivity index (χ4v) is 5.91. The summed E-state index contributed by atoms with van der Waals surface area (Å²) in [5.41, 5.74) is 6.84. The molecule has 0 radical (unpaired) electrons. The molecule has 10 heteroatoms. The van der Waals surface area contributed by atoms with Crippen LogP contribution in [0.3, 0.4) is 0 Å². The summed E-state index contributed by atoms with van der Waals surface area (Å²) >= 11 is 1.56. The van der Waals surface area contributed by atoms with Gasteiger partial charge in [-0.25, -0.2) is 4.98 Å². The van der Waals surface area contributed by atoms with Crippen LogP contribution in [0.1, 0.15) is 42.6 Å². The predicted molar refractivity (Wildman–Crippen MR) is 150 cm³/mol. The Morgan fingerprint density at radius 3 is 2.37 bits per heavy atom. The summed E-state index contributed by atoms with van der Waals surface area (Å²) in [7, 11) is 2.18. The fourth-order valence-electron chi connectivity index (χ4n) is 4.79. The van der Waals surface area contributed by atoms with Crippen molar-refractivity contribution in [1.82, 2.24) is 29.6 Å². The first-order valence-corrected chi connectivity index (χ1v) is 13.4. The second kappa shape index (κ2) is 12.7. The lowest BCUT2D eigenvalue weighted by atomic mass is 9.95. The van der Waals surface area contributed by atoms with Gasteiger partial charge in [0.1, 0.15) is 6.79 Å². The van der Waals surface area contributed by atoms with Crippen molar-refractivity contribution in [1.29, 1.82) is 0 Å². The van der Waals surface area contributed by atoms with Crippen LogP contribution < -0.4 is 5.32 Å². The van der Waals surface area contributed by atoms with E-state index in [0.717, 1.165) is 60.6 Å². The second-order valence-corrected chi connectivity index (χ2v) is 10.4. The minimum absolute atomic E-state index is 0.0869. The molecule has 0 spiro atoms. The molecule has 0 unspecified atom stereocenters. The third-order valence-corrected chi connectivity index (χ3v) is 7.61. The van der Waals surface area contributed by atoms with Gasteiger partial charge in [-0.15, -0.1) is 0 Å². The summed E-state index contributed by atoms with van der Waals surface area (Å²) < 4.78 is 2.25. The van der Waals surface area contributed by atoms with E-state index in [1.807, 2.05) is 44.3 Å². The number of nitrogens with zero attached hydrogens (tertiary/aromatic N) is 6. The Morgan fingerprint density at radius 1 is 1.08 bits per heavy atom. The number of hydrogen-bond acceptors (Lipinski definition) is 8. The smallest absolute Gasteiger partial charge is 0.223 e. The summed E-state index contributed by atoms with van der Waals surface area (Å²) in [6.07, 6.45) is 11.2. The molecule has 1 N–H and O–H groups in total. The van der Waals surface area contributed by atoms with Crippen LogP contribution in [0.2, 0.25) is 0 Å². The number of rotatable bonds is 3. The van der Waals surface area contributed by atoms with Gasteiger partial charge < -0.3 is 15.0 Å². The van der Waals surface area contributed by atoms with E-state index in [1.54, 1.807) is 23.7 Å². The Morgan fingerprint density at radius 2 is 1.79 bits per heavy atom. The van der Waals surface area contributed by atoms with Crippen molar-refractivity contribution >= 4 is 29.2 Å². The van der Waals surface area contributed by atoms with Gasteiger partial charge in [0.05, 0.1) is 28.0 Å². The summed E-state index contributed by atoms with van der Waals surface area (Å²) in [6.45, 7) is 7.70. The third-order valence-electron chi connectivity index (χ3n) is 6.59. The summed E-state index contributed by atoms with van der Waals surface area (Å²) in [6, 6.07) is 8.37. The molecule has 9 nitrogen and oxygen atoms in total. The molecule has 0 atom stereocenters. The summed E-state index contributed by atoms with van der Waals surface area (Å²) in [5.74, 6) is -0.0869. The highest BCUT2D eigenvalue weighted by atomic mass is 32.1. The molecule has 198 valence electrons. The number of likely N-dealkylation sites (tertiary alicyclic amines) is 1. The van der Waals surface area contributed by atoms with Crippen LogP contribution in [-0.4, -0.2) is 62.5 Å². The molecule has 0 saturated carbocycles. The van der Waals surface area contributed by atoms with Crippen LogP contribution in [-0.2, 0) is 22.4 Å². The molecular weight excluding hydrogens is 498 g/mol. The number of aromatic nitrogens is 5. The van der Waals surface area contributed by atoms with Crippen LogP contribution in [0.25, 0.3) is 21.8 Å². The minimum Gasteiger partial charge on any atom is -0.307 e. The van der Waals surface area contributed by atoms with Crippen molar-refractivity contribution < 1.29 is 9.59 Å². The number of piperidine rings is 1. The largest absolute Gasteiger partial charge is 0.307 e. The van der Waals surface area contributed by atoms with Gasteiger partial charge in [-0.05, 0) is 76.5 Å². The Balaban J connectivity index is 0.000000321. The molecule has 38 heavy (non-hydrogen) atoms. The number of hydrogen-bond donors (Lipinski definition) is 1. The summed E-state index contributed by atoms with van der Waals surface area (Å²) in [4.78, 5) is 35.9. The lowest BCUT2D eigenvalue weighted by Crippen LogP contribution is -2.32. The van der Waals surface area contributed by atoms with Gasteiger partial charge in [0.25, 0.3) is 0 Å². The van der Waals surface area contributed by atoms with Crippen LogP contribution in [0.15, 0.2) is 49.1 Å². The molecule has 1 amide bonds. The highest BCUT2D eigenvalue weighted by Crippen LogP contribution is 2.45. The fraction of sp³-hybridized carbons (Fsp3) is 0.357. The maximum atomic E-state index is 11.5. The highest BCUT2D eigenvalue weighted by Gasteiger charge is 2.32. The van der Waals surface area contributed by atoms with E-state index in [9.17, 15) is 4.79 Å². The molecule has 1 aliphatic carbocycles. The van der Waals surface area contributed by atoms with Crippen LogP contribution in [0.4, 0.5) is 5.13 Å². The number of carbonyl (C=O) groups is 2. The van der Waals surface area contributed by atoms with Gasteiger partial charge in [0.2, 0.25) is 5.91 Å². The predicted octanol–water partition coefficient (Wildman–Crippen LogP) is 4.60. The Labute approximate surface area is 227 Å². The minimum atomic E-state index is -0.0869. The average Bonchev–Trinajstić information content (AvgIpc) is 3.52. The Kier molecular flexibility index (Phi) is 9.09. The Bertz CT molecular complexity index is 1350. The standard InChI is InChI=1S/C21H24N6OS.C6H7N.CH2O/c1-13(28)23-21-24-17-6-5-16-18(14-4-3-9-22-12-14)25-27(19(16)20(17)29-21)15-7-10-26(2)11-8-15;1-6-3-2-4-7-5-6;1-2/h3-4,9,12,15H,5-8,10-11H2,1-2H3,(H,23,24,28);2-5H,1H3;1H2. The van der Waals surface area contributed by atoms with Gasteiger partial charge in [0.15, 0.2) is 5.13 Å².